The van der Waals surface area contributed by atoms with Crippen LogP contribution in [0.3, 0.4) is 0 Å². The number of hydrogen-bond donors (Lipinski definition) is 2. The van der Waals surface area contributed by atoms with Gasteiger partial charge in [-0.05, 0) is 73.5 Å². The summed E-state index contributed by atoms with van der Waals surface area (Å²) in [5.74, 6) is -0.213. The highest BCUT2D eigenvalue weighted by molar-refractivity contribution is 7.99. The first-order valence-corrected chi connectivity index (χ1v) is 14.3. The molecular weight excluding hydrogens is 525 g/mol. The number of nitrogens with one attached hydrogen (secondary N) is 1. The Morgan fingerprint density at radius 3 is 1.83 bits per heavy atom. The predicted octanol–water partition coefficient (Wildman–Crippen LogP) is 9.23. The van der Waals surface area contributed by atoms with Crippen LogP contribution in [0.5, 0.6) is 0 Å². The first kappa shape index (κ1) is 29.8. The van der Waals surface area contributed by atoms with Crippen LogP contribution in [0.2, 0.25) is 5.02 Å². The Hall–Kier alpha value is -1.40. The van der Waals surface area contributed by atoms with Gasteiger partial charge in [0.2, 0.25) is 4.33 Å². The van der Waals surface area contributed by atoms with E-state index < -0.39 is 10.3 Å². The van der Waals surface area contributed by atoms with Crippen molar-refractivity contribution < 1.29 is 14.7 Å². The minimum Gasteiger partial charge on any atom is -0.479 e. The van der Waals surface area contributed by atoms with Gasteiger partial charge >= 0.3 is 5.97 Å². The molecule has 2 aromatic carbocycles. The number of benzene rings is 2. The summed E-state index contributed by atoms with van der Waals surface area (Å²) in [5.41, 5.74) is 1.36. The lowest BCUT2D eigenvalue weighted by Gasteiger charge is -2.13. The Bertz CT molecular complexity index is 905. The fourth-order valence-electron chi connectivity index (χ4n) is 3.60. The van der Waals surface area contributed by atoms with Crippen molar-refractivity contribution in [3.8, 4) is 0 Å². The highest BCUT2D eigenvalue weighted by Gasteiger charge is 2.32. The van der Waals surface area contributed by atoms with E-state index in [0.717, 1.165) is 30.7 Å². The first-order valence-electron chi connectivity index (χ1n) is 12.2. The first-order chi connectivity index (χ1) is 16.8. The molecule has 2 N–H and O–H groups in total. The van der Waals surface area contributed by atoms with Gasteiger partial charge in [-0.2, -0.15) is 0 Å². The lowest BCUT2D eigenvalue weighted by Crippen LogP contribution is -2.25. The van der Waals surface area contributed by atoms with Gasteiger partial charge in [0.05, 0.1) is 0 Å². The van der Waals surface area contributed by atoms with Gasteiger partial charge in [-0.15, -0.1) is 11.8 Å². The standard InChI is InChI=1S/C27H34Cl3NO3S/c28-22-13-11-21(12-14-22)25(32)31-23-15-17-24(18-16-23)35-20-10-8-6-4-2-1-3-5-7-9-19-27(29,30)26(33)34/h11-18H,1-10,19-20H2,(H,31,32)(H,33,34). The van der Waals surface area contributed by atoms with E-state index in [4.69, 9.17) is 39.9 Å². The average Bonchev–Trinajstić information content (AvgIpc) is 2.83. The predicted molar refractivity (Wildman–Crippen MR) is 149 cm³/mol. The van der Waals surface area contributed by atoms with E-state index in [2.05, 4.69) is 5.32 Å². The zero-order valence-corrected chi connectivity index (χ0v) is 23.0. The molecule has 4 nitrogen and oxygen atoms in total. The molecule has 0 fully saturated rings. The van der Waals surface area contributed by atoms with Gasteiger partial charge in [0, 0.05) is 21.2 Å². The molecule has 0 bridgehead atoms. The largest absolute Gasteiger partial charge is 0.479 e. The number of amides is 1. The second-order valence-corrected chi connectivity index (χ2v) is 11.7. The molecule has 35 heavy (non-hydrogen) atoms. The van der Waals surface area contributed by atoms with E-state index in [1.54, 1.807) is 24.3 Å². The summed E-state index contributed by atoms with van der Waals surface area (Å²) < 4.78 is -1.64. The van der Waals surface area contributed by atoms with Crippen molar-refractivity contribution in [2.75, 3.05) is 11.1 Å². The maximum Gasteiger partial charge on any atom is 0.340 e. The normalized spacial score (nSPS) is 11.4. The SMILES string of the molecule is O=C(Nc1ccc(SCCCCCCCCCCCCC(Cl)(Cl)C(=O)O)cc1)c1ccc(Cl)cc1. The summed E-state index contributed by atoms with van der Waals surface area (Å²) in [6.07, 6.45) is 11.7. The smallest absolute Gasteiger partial charge is 0.340 e. The molecule has 0 spiro atoms. The molecule has 2 rings (SSSR count). The molecule has 0 saturated heterocycles. The topological polar surface area (TPSA) is 66.4 Å². The molecule has 2 aromatic rings. The number of alkyl halides is 2. The molecule has 0 heterocycles. The van der Waals surface area contributed by atoms with Gasteiger partial charge < -0.3 is 10.4 Å². The summed E-state index contributed by atoms with van der Waals surface area (Å²) >= 11 is 19.2. The van der Waals surface area contributed by atoms with Crippen LogP contribution in [0.4, 0.5) is 5.69 Å². The number of carboxylic acid groups (broad SMARTS) is 1. The van der Waals surface area contributed by atoms with Gasteiger partial charge in [0.15, 0.2) is 0 Å². The van der Waals surface area contributed by atoms with Gasteiger partial charge in [-0.1, -0.05) is 86.2 Å². The van der Waals surface area contributed by atoms with Gasteiger partial charge in [-0.3, -0.25) is 4.79 Å². The van der Waals surface area contributed by atoms with Gasteiger partial charge in [0.1, 0.15) is 0 Å². The van der Waals surface area contributed by atoms with Crippen LogP contribution >= 0.6 is 46.6 Å². The number of anilines is 1. The molecule has 0 saturated carbocycles. The number of carbonyl (C=O) groups is 2. The number of thioether (sulfide) groups is 1. The van der Waals surface area contributed by atoms with Gasteiger partial charge in [-0.25, -0.2) is 4.79 Å². The van der Waals surface area contributed by atoms with Gasteiger partial charge in [0.25, 0.3) is 5.91 Å². The Morgan fingerprint density at radius 1 is 0.771 bits per heavy atom. The molecule has 0 aromatic heterocycles. The molecule has 0 atom stereocenters. The Balaban J connectivity index is 1.45. The second kappa shape index (κ2) is 16.4. The molecular formula is C27H34Cl3NO3S. The third-order valence-corrected chi connectivity index (χ3v) is 7.74. The van der Waals surface area contributed by atoms with Crippen molar-refractivity contribution in [1.29, 1.82) is 0 Å². The third-order valence-electron chi connectivity index (χ3n) is 5.69. The van der Waals surface area contributed by atoms with E-state index in [1.807, 2.05) is 36.0 Å². The van der Waals surface area contributed by atoms with Crippen molar-refractivity contribution in [1.82, 2.24) is 0 Å². The summed E-state index contributed by atoms with van der Waals surface area (Å²) in [7, 11) is 0. The summed E-state index contributed by atoms with van der Waals surface area (Å²) in [4.78, 5) is 24.3. The molecule has 8 heteroatoms. The number of halogens is 3. The minimum atomic E-state index is -1.64. The minimum absolute atomic E-state index is 0.147. The number of aliphatic carboxylic acids is 1. The number of carboxylic acids is 1. The number of rotatable bonds is 17. The Kier molecular flexibility index (Phi) is 13.9. The zero-order chi connectivity index (χ0) is 25.5. The fourth-order valence-corrected chi connectivity index (χ4v) is 4.91. The molecule has 192 valence electrons. The molecule has 0 aliphatic heterocycles. The average molecular weight is 559 g/mol. The monoisotopic (exact) mass is 557 g/mol. The van der Waals surface area contributed by atoms with Crippen molar-refractivity contribution >= 4 is 64.1 Å². The Morgan fingerprint density at radius 2 is 1.29 bits per heavy atom. The van der Waals surface area contributed by atoms with E-state index in [-0.39, 0.29) is 5.91 Å². The van der Waals surface area contributed by atoms with E-state index in [1.165, 1.54) is 49.8 Å². The van der Waals surface area contributed by atoms with Crippen LogP contribution in [0.1, 0.15) is 81.0 Å². The van der Waals surface area contributed by atoms with Crippen LogP contribution in [0.25, 0.3) is 0 Å². The molecule has 0 unspecified atom stereocenters. The molecule has 1 amide bonds. The molecule has 0 aliphatic rings. The van der Waals surface area contributed by atoms with E-state index in [0.29, 0.717) is 17.0 Å². The van der Waals surface area contributed by atoms with Crippen LogP contribution < -0.4 is 5.32 Å². The lowest BCUT2D eigenvalue weighted by molar-refractivity contribution is -0.138. The number of unbranched alkanes of at least 4 members (excludes halogenated alkanes) is 9. The molecule has 0 radical (unpaired) electrons. The number of hydrogen-bond acceptors (Lipinski definition) is 3. The summed E-state index contributed by atoms with van der Waals surface area (Å²) in [6, 6.07) is 14.8. The van der Waals surface area contributed by atoms with Crippen molar-refractivity contribution in [2.24, 2.45) is 0 Å². The van der Waals surface area contributed by atoms with E-state index in [9.17, 15) is 9.59 Å². The maximum absolute atomic E-state index is 12.3. The summed E-state index contributed by atoms with van der Waals surface area (Å²) in [5, 5.41) is 12.4. The highest BCUT2D eigenvalue weighted by atomic mass is 35.5. The van der Waals surface area contributed by atoms with Crippen LogP contribution in [-0.2, 0) is 4.79 Å². The third kappa shape index (κ3) is 12.4. The second-order valence-electron chi connectivity index (χ2n) is 8.63. The lowest BCUT2D eigenvalue weighted by atomic mass is 10.1. The molecule has 0 aliphatic carbocycles. The van der Waals surface area contributed by atoms with Crippen LogP contribution in [0, 0.1) is 0 Å². The number of carbonyl (C=O) groups excluding carboxylic acids is 1. The Labute approximate surface area is 228 Å². The fraction of sp³-hybridized carbons (Fsp3) is 0.481. The van der Waals surface area contributed by atoms with Crippen LogP contribution in [0.15, 0.2) is 53.4 Å². The van der Waals surface area contributed by atoms with E-state index >= 15 is 0 Å². The maximum atomic E-state index is 12.3. The quantitative estimate of drug-likeness (QED) is 0.115. The zero-order valence-electron chi connectivity index (χ0n) is 19.9. The van der Waals surface area contributed by atoms with Crippen LogP contribution in [-0.4, -0.2) is 27.1 Å². The summed E-state index contributed by atoms with van der Waals surface area (Å²) in [6.45, 7) is 0. The van der Waals surface area contributed by atoms with Crippen molar-refractivity contribution in [3.63, 3.8) is 0 Å². The van der Waals surface area contributed by atoms with Crippen molar-refractivity contribution in [2.45, 2.75) is 79.9 Å². The highest BCUT2D eigenvalue weighted by Crippen LogP contribution is 2.28. The van der Waals surface area contributed by atoms with Crippen molar-refractivity contribution in [3.05, 3.63) is 59.1 Å².